The molecule has 1 atom stereocenters. The highest BCUT2D eigenvalue weighted by Gasteiger charge is 2.20. The standard InChI is InChI=1S/C27H27Cl2FN2O5S/c1-4-5-6-10-22(36-2)17-9-7-8-16(24(17)30)21-14-38-27(31-21)32-25(33)15-11-19(28)18(20(29)12-15)13-23(37-3)26(34)35/h7-9,11-14,22H,4-6,10H2,1-3H3,(H,34,35)(H,31,32,33)/b23-13+. The summed E-state index contributed by atoms with van der Waals surface area (Å²) < 4.78 is 25.8. The predicted octanol–water partition coefficient (Wildman–Crippen LogP) is 7.85. The zero-order valence-electron chi connectivity index (χ0n) is 21.0. The number of carbonyl (C=O) groups excluding carboxylic acids is 1. The van der Waals surface area contributed by atoms with E-state index >= 15 is 4.39 Å². The fourth-order valence-electron chi connectivity index (χ4n) is 3.79. The van der Waals surface area contributed by atoms with Crippen LogP contribution in [0, 0.1) is 5.82 Å². The van der Waals surface area contributed by atoms with Gasteiger partial charge in [-0.15, -0.1) is 11.3 Å². The molecule has 0 spiro atoms. The Bertz CT molecular complexity index is 1320. The van der Waals surface area contributed by atoms with E-state index in [0.717, 1.165) is 30.6 Å². The maximum atomic E-state index is 15.5. The normalized spacial score (nSPS) is 12.3. The molecule has 1 heterocycles. The molecule has 1 aromatic heterocycles. The number of unbranched alkanes of at least 4 members (excludes halogenated alkanes) is 2. The van der Waals surface area contributed by atoms with E-state index in [9.17, 15) is 9.59 Å². The van der Waals surface area contributed by atoms with E-state index in [0.29, 0.717) is 23.2 Å². The van der Waals surface area contributed by atoms with Gasteiger partial charge in [0.25, 0.3) is 5.91 Å². The first kappa shape index (κ1) is 29.6. The van der Waals surface area contributed by atoms with E-state index in [4.69, 9.17) is 37.8 Å². The molecular formula is C27H27Cl2FN2O5S. The van der Waals surface area contributed by atoms with Crippen molar-refractivity contribution >= 4 is 57.6 Å². The number of rotatable bonds is 12. The lowest BCUT2D eigenvalue weighted by atomic mass is 9.99. The molecule has 7 nitrogen and oxygen atoms in total. The molecule has 0 aliphatic carbocycles. The highest BCUT2D eigenvalue weighted by Crippen LogP contribution is 2.34. The van der Waals surface area contributed by atoms with Gasteiger partial charge in [-0.2, -0.15) is 0 Å². The Hall–Kier alpha value is -2.98. The molecular weight excluding hydrogens is 554 g/mol. The van der Waals surface area contributed by atoms with Gasteiger partial charge in [0.15, 0.2) is 5.13 Å². The van der Waals surface area contributed by atoms with Gasteiger partial charge in [0.2, 0.25) is 5.76 Å². The number of nitrogens with zero attached hydrogens (tertiary/aromatic N) is 1. The van der Waals surface area contributed by atoms with Crippen LogP contribution in [0.1, 0.15) is 60.2 Å². The third-order valence-electron chi connectivity index (χ3n) is 5.78. The minimum absolute atomic E-state index is 0.0591. The van der Waals surface area contributed by atoms with Crippen LogP contribution in [0.25, 0.3) is 17.3 Å². The first-order chi connectivity index (χ1) is 18.2. The smallest absolute Gasteiger partial charge is 0.371 e. The number of carboxylic acids is 1. The van der Waals surface area contributed by atoms with Gasteiger partial charge in [-0.1, -0.05) is 61.5 Å². The second-order valence-corrected chi connectivity index (χ2v) is 9.96. The van der Waals surface area contributed by atoms with Crippen molar-refractivity contribution in [2.45, 2.75) is 38.7 Å². The molecule has 38 heavy (non-hydrogen) atoms. The predicted molar refractivity (Wildman–Crippen MR) is 148 cm³/mol. The molecule has 202 valence electrons. The molecule has 0 aliphatic rings. The maximum Gasteiger partial charge on any atom is 0.371 e. The molecule has 3 rings (SSSR count). The van der Waals surface area contributed by atoms with Crippen molar-refractivity contribution < 1.29 is 28.6 Å². The Balaban J connectivity index is 1.81. The quantitative estimate of drug-likeness (QED) is 0.128. The average molecular weight is 581 g/mol. The van der Waals surface area contributed by atoms with Crippen molar-refractivity contribution in [1.29, 1.82) is 0 Å². The van der Waals surface area contributed by atoms with Crippen LogP contribution in [0.3, 0.4) is 0 Å². The number of benzene rings is 2. The van der Waals surface area contributed by atoms with Crippen molar-refractivity contribution in [1.82, 2.24) is 4.98 Å². The van der Waals surface area contributed by atoms with Crippen molar-refractivity contribution in [2.75, 3.05) is 19.5 Å². The fraction of sp³-hybridized carbons (Fsp3) is 0.296. The zero-order valence-corrected chi connectivity index (χ0v) is 23.3. The summed E-state index contributed by atoms with van der Waals surface area (Å²) in [6, 6.07) is 7.81. The summed E-state index contributed by atoms with van der Waals surface area (Å²) >= 11 is 13.7. The topological polar surface area (TPSA) is 97.8 Å². The molecule has 0 saturated carbocycles. The Labute approximate surface area is 234 Å². The highest BCUT2D eigenvalue weighted by atomic mass is 35.5. The average Bonchev–Trinajstić information content (AvgIpc) is 3.34. The molecule has 2 N–H and O–H groups in total. The lowest BCUT2D eigenvalue weighted by Crippen LogP contribution is -2.12. The van der Waals surface area contributed by atoms with Crippen LogP contribution in [0.4, 0.5) is 9.52 Å². The van der Waals surface area contributed by atoms with Crippen molar-refractivity contribution in [2.24, 2.45) is 0 Å². The summed E-state index contributed by atoms with van der Waals surface area (Å²) in [5.41, 5.74) is 1.49. The van der Waals surface area contributed by atoms with E-state index in [2.05, 4.69) is 17.2 Å². The van der Waals surface area contributed by atoms with Crippen molar-refractivity contribution in [3.63, 3.8) is 0 Å². The van der Waals surface area contributed by atoms with Crippen molar-refractivity contribution in [3.8, 4) is 11.3 Å². The van der Waals surface area contributed by atoms with Gasteiger partial charge in [-0.25, -0.2) is 14.2 Å². The molecule has 0 fully saturated rings. The SMILES string of the molecule is CCCCCC(OC)c1cccc(-c2csc(NC(=O)c3cc(Cl)c(/C=C(/OC)C(=O)O)c(Cl)c3)n2)c1F. The Morgan fingerprint density at radius 2 is 1.92 bits per heavy atom. The molecule has 1 unspecified atom stereocenters. The Morgan fingerprint density at radius 3 is 2.53 bits per heavy atom. The minimum atomic E-state index is -1.29. The van der Waals surface area contributed by atoms with Crippen LogP contribution in [-0.2, 0) is 14.3 Å². The van der Waals surface area contributed by atoms with Crippen LogP contribution in [0.2, 0.25) is 10.0 Å². The number of anilines is 1. The van der Waals surface area contributed by atoms with Crippen LogP contribution in [-0.4, -0.2) is 36.2 Å². The van der Waals surface area contributed by atoms with E-state index in [1.807, 2.05) is 0 Å². The van der Waals surface area contributed by atoms with E-state index in [1.165, 1.54) is 25.3 Å². The van der Waals surface area contributed by atoms with Gasteiger partial charge in [0, 0.05) is 34.7 Å². The largest absolute Gasteiger partial charge is 0.490 e. The summed E-state index contributed by atoms with van der Waals surface area (Å²) in [5.74, 6) is -2.61. The molecule has 2 aromatic carbocycles. The molecule has 3 aromatic rings. The summed E-state index contributed by atoms with van der Waals surface area (Å²) in [5, 5.41) is 13.8. The number of hydrogen-bond acceptors (Lipinski definition) is 6. The maximum absolute atomic E-state index is 15.5. The van der Waals surface area contributed by atoms with Crippen LogP contribution < -0.4 is 5.32 Å². The third-order valence-corrected chi connectivity index (χ3v) is 7.16. The second kappa shape index (κ2) is 13.7. The summed E-state index contributed by atoms with van der Waals surface area (Å²) in [6.07, 6.45) is 4.56. The molecule has 0 radical (unpaired) electrons. The van der Waals surface area contributed by atoms with Gasteiger partial charge >= 0.3 is 5.97 Å². The van der Waals surface area contributed by atoms with Gasteiger partial charge in [-0.3, -0.25) is 10.1 Å². The molecule has 0 saturated heterocycles. The first-order valence-electron chi connectivity index (χ1n) is 11.8. The zero-order chi connectivity index (χ0) is 27.8. The Kier molecular flexibility index (Phi) is 10.7. The number of thiazole rings is 1. The molecule has 0 bridgehead atoms. The second-order valence-electron chi connectivity index (χ2n) is 8.29. The van der Waals surface area contributed by atoms with E-state index < -0.39 is 17.7 Å². The van der Waals surface area contributed by atoms with Crippen LogP contribution in [0.5, 0.6) is 0 Å². The van der Waals surface area contributed by atoms with Gasteiger partial charge in [0.1, 0.15) is 5.82 Å². The number of aromatic nitrogens is 1. The number of halogens is 3. The lowest BCUT2D eigenvalue weighted by molar-refractivity contribution is -0.135. The van der Waals surface area contributed by atoms with Crippen LogP contribution >= 0.6 is 34.5 Å². The lowest BCUT2D eigenvalue weighted by Gasteiger charge is -2.17. The van der Waals surface area contributed by atoms with Gasteiger partial charge in [-0.05, 0) is 30.7 Å². The van der Waals surface area contributed by atoms with Gasteiger partial charge in [0.05, 0.1) is 29.0 Å². The summed E-state index contributed by atoms with van der Waals surface area (Å²) in [7, 11) is 2.78. The Morgan fingerprint density at radius 1 is 1.21 bits per heavy atom. The minimum Gasteiger partial charge on any atom is -0.490 e. The summed E-state index contributed by atoms with van der Waals surface area (Å²) in [6.45, 7) is 2.11. The number of aliphatic carboxylic acids is 1. The monoisotopic (exact) mass is 580 g/mol. The third kappa shape index (κ3) is 7.11. The molecule has 0 aliphatic heterocycles. The number of methoxy groups -OCH3 is 2. The number of hydrogen-bond donors (Lipinski definition) is 2. The van der Waals surface area contributed by atoms with E-state index in [1.54, 1.807) is 30.7 Å². The van der Waals surface area contributed by atoms with Gasteiger partial charge < -0.3 is 14.6 Å². The van der Waals surface area contributed by atoms with Crippen molar-refractivity contribution in [3.05, 3.63) is 74.0 Å². The first-order valence-corrected chi connectivity index (χ1v) is 13.4. The number of amides is 1. The molecule has 11 heteroatoms. The fourth-order valence-corrected chi connectivity index (χ4v) is 5.09. The van der Waals surface area contributed by atoms with Crippen LogP contribution in [0.15, 0.2) is 41.5 Å². The number of carbonyl (C=O) groups is 2. The van der Waals surface area contributed by atoms with E-state index in [-0.39, 0.29) is 38.2 Å². The number of ether oxygens (including phenoxy) is 2. The number of nitrogens with one attached hydrogen (secondary N) is 1. The number of carboxylic acid groups (broad SMARTS) is 1. The molecule has 1 amide bonds. The summed E-state index contributed by atoms with van der Waals surface area (Å²) in [4.78, 5) is 28.4. The highest BCUT2D eigenvalue weighted by molar-refractivity contribution is 7.14.